The maximum Gasteiger partial charge on any atom is 0.351 e. The van der Waals surface area contributed by atoms with Gasteiger partial charge in [0.25, 0.3) is 0 Å². The largest absolute Gasteiger partial charge is 0.463 e. The van der Waals surface area contributed by atoms with Crippen LogP contribution in [0, 0.1) is 5.92 Å². The van der Waals surface area contributed by atoms with Crippen LogP contribution < -0.4 is 11.4 Å². The maximum absolute atomic E-state index is 11.9. The van der Waals surface area contributed by atoms with Gasteiger partial charge in [0.1, 0.15) is 18.7 Å². The topological polar surface area (TPSA) is 117 Å². The van der Waals surface area contributed by atoms with Gasteiger partial charge in [-0.05, 0) is 12.5 Å². The summed E-state index contributed by atoms with van der Waals surface area (Å²) in [5.74, 6) is -0.338. The number of nitrogen functional groups attached to an aromatic ring is 1. The fourth-order valence-corrected chi connectivity index (χ4v) is 2.54. The van der Waals surface area contributed by atoms with Gasteiger partial charge in [-0.1, -0.05) is 13.3 Å². The molecular weight excluding hydrogens is 302 g/mol. The van der Waals surface area contributed by atoms with Gasteiger partial charge >= 0.3 is 11.7 Å². The van der Waals surface area contributed by atoms with E-state index in [0.717, 1.165) is 12.8 Å². The number of hydrogen-bond donors (Lipinski definition) is 2. The molecule has 1 saturated heterocycles. The molecule has 1 aromatic heterocycles. The molecule has 0 bridgehead atoms. The zero-order valence-corrected chi connectivity index (χ0v) is 13.2. The molecule has 1 aliphatic rings. The van der Waals surface area contributed by atoms with E-state index in [1.807, 2.05) is 6.92 Å². The predicted molar refractivity (Wildman–Crippen MR) is 82.5 cm³/mol. The molecule has 0 amide bonds. The van der Waals surface area contributed by atoms with Crippen LogP contribution in [0.5, 0.6) is 0 Å². The van der Waals surface area contributed by atoms with E-state index in [9.17, 15) is 14.7 Å². The van der Waals surface area contributed by atoms with Crippen molar-refractivity contribution in [3.05, 3.63) is 22.7 Å². The van der Waals surface area contributed by atoms with Crippen molar-refractivity contribution < 1.29 is 19.4 Å². The Balaban J connectivity index is 1.97. The van der Waals surface area contributed by atoms with Gasteiger partial charge in [-0.25, -0.2) is 4.79 Å². The summed E-state index contributed by atoms with van der Waals surface area (Å²) in [6, 6.07) is 1.51. The molecule has 2 heterocycles. The molecule has 0 unspecified atom stereocenters. The lowest BCUT2D eigenvalue weighted by atomic mass is 10.0. The minimum absolute atomic E-state index is 0.0709. The average Bonchev–Trinajstić information content (AvgIpc) is 2.93. The number of carbonyl (C=O) groups excluding carboxylic acids is 1. The minimum atomic E-state index is -0.549. The molecule has 128 valence electrons. The van der Waals surface area contributed by atoms with Crippen LogP contribution in [0.15, 0.2) is 17.1 Å². The van der Waals surface area contributed by atoms with Crippen LogP contribution in [0.4, 0.5) is 5.82 Å². The third-order valence-corrected chi connectivity index (χ3v) is 3.90. The Kier molecular flexibility index (Phi) is 6.12. The Morgan fingerprint density at radius 2 is 2.39 bits per heavy atom. The molecular formula is C15H23N3O5. The molecule has 1 aromatic rings. The van der Waals surface area contributed by atoms with Gasteiger partial charge in [0, 0.05) is 31.6 Å². The second kappa shape index (κ2) is 8.07. The summed E-state index contributed by atoms with van der Waals surface area (Å²) < 4.78 is 12.3. The molecule has 3 atom stereocenters. The lowest BCUT2D eigenvalue weighted by molar-refractivity contribution is -0.149. The summed E-state index contributed by atoms with van der Waals surface area (Å²) in [5, 5.41) is 9.48. The van der Waals surface area contributed by atoms with E-state index < -0.39 is 18.0 Å². The first-order valence-electron chi connectivity index (χ1n) is 7.81. The summed E-state index contributed by atoms with van der Waals surface area (Å²) in [6.45, 7) is 1.96. The quantitative estimate of drug-likeness (QED) is 0.699. The third-order valence-electron chi connectivity index (χ3n) is 3.90. The highest BCUT2D eigenvalue weighted by atomic mass is 16.6. The monoisotopic (exact) mass is 325 g/mol. The van der Waals surface area contributed by atoms with Gasteiger partial charge < -0.3 is 20.3 Å². The van der Waals surface area contributed by atoms with Crippen molar-refractivity contribution in [2.75, 3.05) is 18.9 Å². The first-order valence-corrected chi connectivity index (χ1v) is 7.81. The van der Waals surface area contributed by atoms with Crippen LogP contribution in [-0.2, 0) is 14.3 Å². The van der Waals surface area contributed by atoms with Gasteiger partial charge in [-0.2, -0.15) is 4.98 Å². The van der Waals surface area contributed by atoms with Crippen molar-refractivity contribution in [3.8, 4) is 0 Å². The van der Waals surface area contributed by atoms with Gasteiger partial charge in [0.2, 0.25) is 0 Å². The van der Waals surface area contributed by atoms with Crippen LogP contribution in [0.25, 0.3) is 0 Å². The number of carbonyl (C=O) groups is 1. The Hall–Kier alpha value is -1.93. The lowest BCUT2D eigenvalue weighted by Gasteiger charge is -2.17. The van der Waals surface area contributed by atoms with Gasteiger partial charge in [-0.15, -0.1) is 0 Å². The Bertz CT molecular complexity index is 589. The first kappa shape index (κ1) is 17.4. The second-order valence-electron chi connectivity index (χ2n) is 5.64. The summed E-state index contributed by atoms with van der Waals surface area (Å²) in [7, 11) is 0. The number of anilines is 1. The summed E-state index contributed by atoms with van der Waals surface area (Å²) in [4.78, 5) is 27.1. The third kappa shape index (κ3) is 4.52. The molecule has 3 N–H and O–H groups in total. The fourth-order valence-electron chi connectivity index (χ4n) is 2.54. The van der Waals surface area contributed by atoms with E-state index in [-0.39, 0.29) is 30.9 Å². The Morgan fingerprint density at radius 3 is 3.04 bits per heavy atom. The average molecular weight is 325 g/mol. The smallest absolute Gasteiger partial charge is 0.351 e. The van der Waals surface area contributed by atoms with Crippen molar-refractivity contribution >= 4 is 11.8 Å². The molecule has 8 nitrogen and oxygen atoms in total. The number of nitrogens with zero attached hydrogens (tertiary/aromatic N) is 2. The van der Waals surface area contributed by atoms with Crippen molar-refractivity contribution in [2.45, 2.75) is 44.9 Å². The van der Waals surface area contributed by atoms with Gasteiger partial charge in [0.05, 0.1) is 6.10 Å². The first-order chi connectivity index (χ1) is 11.0. The standard InChI is InChI=1S/C15H23N3O5/c1-2-3-4-14(20)22-9-11-10(8-19)7-13(23-11)18-6-5-12(16)17-15(18)21/h5-6,10-11,13,19H,2-4,7-9H2,1H3,(H2,16,17,21)/t10-,11-,13-/m1/s1. The highest BCUT2D eigenvalue weighted by Crippen LogP contribution is 2.32. The highest BCUT2D eigenvalue weighted by Gasteiger charge is 2.37. The van der Waals surface area contributed by atoms with Crippen molar-refractivity contribution in [3.63, 3.8) is 0 Å². The van der Waals surface area contributed by atoms with Gasteiger partial charge in [-0.3, -0.25) is 9.36 Å². The predicted octanol–water partition coefficient (Wildman–Crippen LogP) is 0.455. The summed E-state index contributed by atoms with van der Waals surface area (Å²) >= 11 is 0. The highest BCUT2D eigenvalue weighted by molar-refractivity contribution is 5.69. The SMILES string of the molecule is CCCCC(=O)OC[C@H]1O[C@@H](n2ccc(N)nc2=O)C[C@@H]1CO. The molecule has 2 rings (SSSR count). The number of hydrogen-bond acceptors (Lipinski definition) is 7. The van der Waals surface area contributed by atoms with E-state index in [1.54, 1.807) is 0 Å². The van der Waals surface area contributed by atoms with E-state index in [0.29, 0.717) is 12.8 Å². The van der Waals surface area contributed by atoms with Crippen LogP contribution >= 0.6 is 0 Å². The number of rotatable bonds is 7. The normalized spacial score (nSPS) is 23.8. The Morgan fingerprint density at radius 1 is 1.61 bits per heavy atom. The fraction of sp³-hybridized carbons (Fsp3) is 0.667. The summed E-state index contributed by atoms with van der Waals surface area (Å²) in [6.07, 6.45) is 3.04. The van der Waals surface area contributed by atoms with E-state index in [4.69, 9.17) is 15.2 Å². The number of esters is 1. The second-order valence-corrected chi connectivity index (χ2v) is 5.64. The molecule has 0 aromatic carbocycles. The van der Waals surface area contributed by atoms with Crippen LogP contribution in [0.1, 0.15) is 38.8 Å². The van der Waals surface area contributed by atoms with Crippen LogP contribution in [0.2, 0.25) is 0 Å². The lowest BCUT2D eigenvalue weighted by Crippen LogP contribution is -2.28. The number of aliphatic hydroxyl groups excluding tert-OH is 1. The van der Waals surface area contributed by atoms with Crippen molar-refractivity contribution in [1.29, 1.82) is 0 Å². The van der Waals surface area contributed by atoms with Crippen LogP contribution in [0.3, 0.4) is 0 Å². The van der Waals surface area contributed by atoms with Crippen molar-refractivity contribution in [1.82, 2.24) is 9.55 Å². The van der Waals surface area contributed by atoms with Gasteiger partial charge in [0.15, 0.2) is 0 Å². The summed E-state index contributed by atoms with van der Waals surface area (Å²) in [5.41, 5.74) is 4.96. The number of aromatic nitrogens is 2. The number of unbranched alkanes of at least 4 members (excludes halogenated alkanes) is 1. The molecule has 0 spiro atoms. The minimum Gasteiger partial charge on any atom is -0.463 e. The number of ether oxygens (including phenoxy) is 2. The molecule has 0 aliphatic carbocycles. The number of aliphatic hydroxyl groups is 1. The molecule has 1 aliphatic heterocycles. The molecule has 23 heavy (non-hydrogen) atoms. The maximum atomic E-state index is 11.9. The zero-order valence-electron chi connectivity index (χ0n) is 13.2. The molecule has 0 saturated carbocycles. The molecule has 0 radical (unpaired) electrons. The Labute approximate surface area is 134 Å². The van der Waals surface area contributed by atoms with E-state index in [1.165, 1.54) is 16.8 Å². The zero-order chi connectivity index (χ0) is 16.8. The van der Waals surface area contributed by atoms with Crippen molar-refractivity contribution in [2.24, 2.45) is 5.92 Å². The molecule has 1 fully saturated rings. The number of nitrogens with two attached hydrogens (primary N) is 1. The van der Waals surface area contributed by atoms with Crippen LogP contribution in [-0.4, -0.2) is 39.9 Å². The van der Waals surface area contributed by atoms with E-state index >= 15 is 0 Å². The van der Waals surface area contributed by atoms with E-state index in [2.05, 4.69) is 4.98 Å². The molecule has 8 heteroatoms.